The second-order valence-corrected chi connectivity index (χ2v) is 7.06. The van der Waals surface area contributed by atoms with E-state index in [1.54, 1.807) is 6.20 Å². The predicted octanol–water partition coefficient (Wildman–Crippen LogP) is 3.31. The molecule has 1 amide bonds. The van der Waals surface area contributed by atoms with E-state index >= 15 is 0 Å². The second kappa shape index (κ2) is 7.28. The van der Waals surface area contributed by atoms with E-state index in [1.165, 1.54) is 5.56 Å². The van der Waals surface area contributed by atoms with Crippen LogP contribution in [0.15, 0.2) is 48.8 Å². The molecule has 0 unspecified atom stereocenters. The van der Waals surface area contributed by atoms with Crippen LogP contribution < -0.4 is 0 Å². The van der Waals surface area contributed by atoms with Crippen molar-refractivity contribution < 1.29 is 4.79 Å². The molecule has 5 nitrogen and oxygen atoms in total. The molecule has 0 aliphatic carbocycles. The fourth-order valence-electron chi connectivity index (χ4n) is 3.86. The zero-order valence-electron chi connectivity index (χ0n) is 15.1. The molecule has 3 aromatic rings. The van der Waals surface area contributed by atoms with Crippen molar-refractivity contribution in [2.24, 2.45) is 7.05 Å². The predicted molar refractivity (Wildman–Crippen MR) is 102 cm³/mol. The zero-order chi connectivity index (χ0) is 17.9. The summed E-state index contributed by atoms with van der Waals surface area (Å²) in [5.74, 6) is 1.64. The van der Waals surface area contributed by atoms with Gasteiger partial charge in [0.1, 0.15) is 5.82 Å². The normalized spacial score (nSPS) is 17.1. The molecule has 0 bridgehead atoms. The van der Waals surface area contributed by atoms with E-state index in [2.05, 4.69) is 33.8 Å². The van der Waals surface area contributed by atoms with Gasteiger partial charge in [-0.25, -0.2) is 4.98 Å². The Bertz CT molecular complexity index is 903. The number of benzene rings is 1. The van der Waals surface area contributed by atoms with E-state index in [-0.39, 0.29) is 5.91 Å². The Morgan fingerprint density at radius 3 is 2.88 bits per heavy atom. The maximum atomic E-state index is 12.6. The number of fused-ring (bicyclic) bond motifs is 1. The number of aryl methyl sites for hydroxylation is 2. The molecule has 0 N–H and O–H groups in total. The first-order chi connectivity index (χ1) is 12.7. The van der Waals surface area contributed by atoms with Gasteiger partial charge in [0, 0.05) is 38.7 Å². The number of amides is 1. The summed E-state index contributed by atoms with van der Waals surface area (Å²) < 4.78 is 2.12. The topological polar surface area (TPSA) is 51.0 Å². The Hall–Kier alpha value is -2.69. The Morgan fingerprint density at radius 1 is 1.23 bits per heavy atom. The van der Waals surface area contributed by atoms with E-state index in [0.29, 0.717) is 12.3 Å². The van der Waals surface area contributed by atoms with Gasteiger partial charge in [-0.2, -0.15) is 0 Å². The van der Waals surface area contributed by atoms with E-state index < -0.39 is 0 Å². The molecule has 1 saturated heterocycles. The number of hydrogen-bond donors (Lipinski definition) is 0. The van der Waals surface area contributed by atoms with Gasteiger partial charge in [-0.1, -0.05) is 30.3 Å². The highest BCUT2D eigenvalue weighted by molar-refractivity contribution is 5.77. The van der Waals surface area contributed by atoms with E-state index in [1.807, 2.05) is 30.3 Å². The van der Waals surface area contributed by atoms with Crippen molar-refractivity contribution in [2.45, 2.75) is 31.6 Å². The van der Waals surface area contributed by atoms with E-state index in [9.17, 15) is 4.79 Å². The average molecular weight is 348 g/mol. The van der Waals surface area contributed by atoms with Crippen LogP contribution in [0, 0.1) is 0 Å². The number of aromatic nitrogens is 3. The minimum atomic E-state index is 0.267. The van der Waals surface area contributed by atoms with Crippen LogP contribution in [0.3, 0.4) is 0 Å². The Morgan fingerprint density at radius 2 is 2.08 bits per heavy atom. The number of rotatable bonds is 5. The first-order valence-corrected chi connectivity index (χ1v) is 9.30. The van der Waals surface area contributed by atoms with Crippen molar-refractivity contribution >= 4 is 16.9 Å². The number of hydrogen-bond acceptors (Lipinski definition) is 3. The van der Waals surface area contributed by atoms with Crippen LogP contribution in [-0.4, -0.2) is 38.4 Å². The monoisotopic (exact) mass is 348 g/mol. The van der Waals surface area contributed by atoms with Crippen LogP contribution in [0.2, 0.25) is 0 Å². The van der Waals surface area contributed by atoms with Crippen molar-refractivity contribution in [1.82, 2.24) is 19.4 Å². The van der Waals surface area contributed by atoms with Gasteiger partial charge in [0.25, 0.3) is 0 Å². The largest absolute Gasteiger partial charge is 0.342 e. The molecule has 134 valence electrons. The summed E-state index contributed by atoms with van der Waals surface area (Å²) in [7, 11) is 2.04. The highest BCUT2D eigenvalue weighted by Crippen LogP contribution is 2.29. The molecule has 0 radical (unpaired) electrons. The maximum Gasteiger partial charge on any atom is 0.222 e. The molecule has 1 aliphatic heterocycles. The molecule has 1 atom stereocenters. The fraction of sp³-hybridized carbons (Fsp3) is 0.381. The standard InChI is InChI=1S/C21H24N4O/c1-24-19-14-22-12-10-18(19)23-21(24)17-11-13-25(15-17)20(26)9-5-8-16-6-3-2-4-7-16/h2-4,6-7,10,12,14,17H,5,8-9,11,13,15H2,1H3/t17-/m1/s1. The Kier molecular flexibility index (Phi) is 4.69. The third-order valence-electron chi connectivity index (χ3n) is 5.32. The number of carbonyl (C=O) groups excluding carboxylic acids is 1. The first kappa shape index (κ1) is 16.8. The number of pyridine rings is 1. The molecule has 1 fully saturated rings. The third-order valence-corrected chi connectivity index (χ3v) is 5.32. The van der Waals surface area contributed by atoms with Gasteiger partial charge < -0.3 is 9.47 Å². The molecule has 1 aliphatic rings. The molecular weight excluding hydrogens is 324 g/mol. The van der Waals surface area contributed by atoms with Gasteiger partial charge in [-0.15, -0.1) is 0 Å². The quantitative estimate of drug-likeness (QED) is 0.711. The SMILES string of the molecule is Cn1c([C@@H]2CCN(C(=O)CCCc3ccccc3)C2)nc2ccncc21. The van der Waals surface area contributed by atoms with Crippen LogP contribution in [0.5, 0.6) is 0 Å². The van der Waals surface area contributed by atoms with Crippen LogP contribution >= 0.6 is 0 Å². The average Bonchev–Trinajstić information content (AvgIpc) is 3.28. The van der Waals surface area contributed by atoms with Crippen LogP contribution in [0.25, 0.3) is 11.0 Å². The van der Waals surface area contributed by atoms with Crippen molar-refractivity contribution in [3.63, 3.8) is 0 Å². The van der Waals surface area contributed by atoms with Crippen molar-refractivity contribution in [3.8, 4) is 0 Å². The molecular formula is C21H24N4O. The smallest absolute Gasteiger partial charge is 0.222 e. The summed E-state index contributed by atoms with van der Waals surface area (Å²) in [4.78, 5) is 23.5. The van der Waals surface area contributed by atoms with Gasteiger partial charge in [-0.3, -0.25) is 9.78 Å². The lowest BCUT2D eigenvalue weighted by molar-refractivity contribution is -0.130. The summed E-state index contributed by atoms with van der Waals surface area (Å²) in [6.45, 7) is 1.60. The van der Waals surface area contributed by atoms with Crippen LogP contribution in [0.4, 0.5) is 0 Å². The number of imidazole rings is 1. The first-order valence-electron chi connectivity index (χ1n) is 9.30. The zero-order valence-corrected chi connectivity index (χ0v) is 15.1. The minimum absolute atomic E-state index is 0.267. The molecule has 1 aromatic carbocycles. The molecule has 0 spiro atoms. The van der Waals surface area contributed by atoms with Crippen molar-refractivity contribution in [1.29, 1.82) is 0 Å². The summed E-state index contributed by atoms with van der Waals surface area (Å²) >= 11 is 0. The third kappa shape index (κ3) is 3.34. The lowest BCUT2D eigenvalue weighted by Gasteiger charge is -2.16. The molecule has 2 aromatic heterocycles. The highest BCUT2D eigenvalue weighted by atomic mass is 16.2. The lowest BCUT2D eigenvalue weighted by atomic mass is 10.1. The molecule has 0 saturated carbocycles. The number of carbonyl (C=O) groups is 1. The van der Waals surface area contributed by atoms with Crippen LogP contribution in [-0.2, 0) is 18.3 Å². The number of likely N-dealkylation sites (tertiary alicyclic amines) is 1. The second-order valence-electron chi connectivity index (χ2n) is 7.06. The van der Waals surface area contributed by atoms with Gasteiger partial charge in [0.15, 0.2) is 0 Å². The van der Waals surface area contributed by atoms with Crippen molar-refractivity contribution in [3.05, 3.63) is 60.2 Å². The maximum absolute atomic E-state index is 12.6. The summed E-state index contributed by atoms with van der Waals surface area (Å²) in [6.07, 6.45) is 7.09. The summed E-state index contributed by atoms with van der Waals surface area (Å²) in [6, 6.07) is 12.3. The van der Waals surface area contributed by atoms with E-state index in [0.717, 1.165) is 49.2 Å². The van der Waals surface area contributed by atoms with Crippen molar-refractivity contribution in [2.75, 3.05) is 13.1 Å². The van der Waals surface area contributed by atoms with Gasteiger partial charge >= 0.3 is 0 Å². The molecule has 5 heteroatoms. The van der Waals surface area contributed by atoms with Crippen LogP contribution in [0.1, 0.15) is 36.6 Å². The molecule has 4 rings (SSSR count). The molecule has 3 heterocycles. The fourth-order valence-corrected chi connectivity index (χ4v) is 3.86. The summed E-state index contributed by atoms with van der Waals surface area (Å²) in [5.41, 5.74) is 3.33. The summed E-state index contributed by atoms with van der Waals surface area (Å²) in [5, 5.41) is 0. The molecule has 26 heavy (non-hydrogen) atoms. The lowest BCUT2D eigenvalue weighted by Crippen LogP contribution is -2.28. The minimum Gasteiger partial charge on any atom is -0.342 e. The van der Waals surface area contributed by atoms with Gasteiger partial charge in [-0.05, 0) is 30.9 Å². The highest BCUT2D eigenvalue weighted by Gasteiger charge is 2.30. The Labute approximate surface area is 153 Å². The number of nitrogens with zero attached hydrogens (tertiary/aromatic N) is 4. The Balaban J connectivity index is 1.35. The van der Waals surface area contributed by atoms with Gasteiger partial charge in [0.2, 0.25) is 5.91 Å². The van der Waals surface area contributed by atoms with Gasteiger partial charge in [0.05, 0.1) is 17.2 Å². The van der Waals surface area contributed by atoms with E-state index in [4.69, 9.17) is 4.98 Å².